The first-order valence-corrected chi connectivity index (χ1v) is 6.86. The third-order valence-corrected chi connectivity index (χ3v) is 3.63. The lowest BCUT2D eigenvalue weighted by molar-refractivity contribution is 0.233. The van der Waals surface area contributed by atoms with Crippen molar-refractivity contribution >= 4 is 0 Å². The van der Waals surface area contributed by atoms with Crippen molar-refractivity contribution in [2.45, 2.75) is 13.5 Å². The first-order valence-electron chi connectivity index (χ1n) is 6.86. The molecular formula is C15H20N4. The minimum absolute atomic E-state index is 1.04. The van der Waals surface area contributed by atoms with Gasteiger partial charge in [0.2, 0.25) is 0 Å². The van der Waals surface area contributed by atoms with Crippen molar-refractivity contribution in [3.05, 3.63) is 47.8 Å². The van der Waals surface area contributed by atoms with Gasteiger partial charge in [-0.3, -0.25) is 4.90 Å². The fourth-order valence-electron chi connectivity index (χ4n) is 2.51. The summed E-state index contributed by atoms with van der Waals surface area (Å²) >= 11 is 0. The van der Waals surface area contributed by atoms with Crippen LogP contribution in [0.15, 0.2) is 36.5 Å². The van der Waals surface area contributed by atoms with E-state index in [2.05, 4.69) is 46.5 Å². The molecule has 19 heavy (non-hydrogen) atoms. The summed E-state index contributed by atoms with van der Waals surface area (Å²) in [4.78, 5) is 2.49. The average molecular weight is 256 g/mol. The molecule has 0 atom stereocenters. The third kappa shape index (κ3) is 2.85. The van der Waals surface area contributed by atoms with Gasteiger partial charge in [0.15, 0.2) is 0 Å². The Hall–Kier alpha value is -1.65. The summed E-state index contributed by atoms with van der Waals surface area (Å²) in [5, 5.41) is 7.71. The number of aromatic nitrogens is 2. The van der Waals surface area contributed by atoms with Crippen LogP contribution < -0.4 is 5.32 Å². The van der Waals surface area contributed by atoms with Crippen LogP contribution >= 0.6 is 0 Å². The molecule has 1 fully saturated rings. The Kier molecular flexibility index (Phi) is 3.62. The van der Waals surface area contributed by atoms with Crippen LogP contribution in [0.1, 0.15) is 11.3 Å². The van der Waals surface area contributed by atoms with Gasteiger partial charge < -0.3 is 5.32 Å². The number of rotatable bonds is 3. The zero-order chi connectivity index (χ0) is 13.1. The molecule has 1 aromatic carbocycles. The van der Waals surface area contributed by atoms with Crippen molar-refractivity contribution in [3.8, 4) is 5.69 Å². The Morgan fingerprint density at radius 3 is 2.47 bits per heavy atom. The van der Waals surface area contributed by atoms with Crippen LogP contribution in [0.2, 0.25) is 0 Å². The van der Waals surface area contributed by atoms with Gasteiger partial charge in [-0.2, -0.15) is 5.10 Å². The highest BCUT2D eigenvalue weighted by Gasteiger charge is 2.09. The van der Waals surface area contributed by atoms with E-state index in [0.29, 0.717) is 0 Å². The molecule has 0 aliphatic carbocycles. The molecule has 1 saturated heterocycles. The van der Waals surface area contributed by atoms with Crippen molar-refractivity contribution in [2.75, 3.05) is 26.2 Å². The summed E-state index contributed by atoms with van der Waals surface area (Å²) in [5.41, 5.74) is 3.66. The molecule has 0 radical (unpaired) electrons. The second kappa shape index (κ2) is 5.55. The van der Waals surface area contributed by atoms with Crippen molar-refractivity contribution in [2.24, 2.45) is 0 Å². The SMILES string of the molecule is Cc1ccnn1-c1ccc(CN2CCNCC2)cc1. The van der Waals surface area contributed by atoms with E-state index in [1.165, 1.54) is 5.56 Å². The van der Waals surface area contributed by atoms with E-state index in [1.54, 1.807) is 0 Å². The summed E-state index contributed by atoms with van der Waals surface area (Å²) < 4.78 is 1.97. The summed E-state index contributed by atoms with van der Waals surface area (Å²) in [5.74, 6) is 0. The fourth-order valence-corrected chi connectivity index (χ4v) is 2.51. The highest BCUT2D eigenvalue weighted by atomic mass is 15.3. The second-order valence-electron chi connectivity index (χ2n) is 5.08. The Morgan fingerprint density at radius 1 is 1.11 bits per heavy atom. The number of hydrogen-bond acceptors (Lipinski definition) is 3. The molecule has 3 rings (SSSR count). The van der Waals surface area contributed by atoms with Gasteiger partial charge in [-0.25, -0.2) is 4.68 Å². The van der Waals surface area contributed by atoms with Crippen molar-refractivity contribution in [1.82, 2.24) is 20.0 Å². The molecule has 0 spiro atoms. The molecule has 1 aromatic heterocycles. The van der Waals surface area contributed by atoms with Crippen molar-refractivity contribution in [3.63, 3.8) is 0 Å². The molecule has 0 saturated carbocycles. The van der Waals surface area contributed by atoms with E-state index in [4.69, 9.17) is 0 Å². The predicted octanol–water partition coefficient (Wildman–Crippen LogP) is 1.59. The maximum atomic E-state index is 4.33. The lowest BCUT2D eigenvalue weighted by atomic mass is 10.2. The van der Waals surface area contributed by atoms with E-state index in [0.717, 1.165) is 44.1 Å². The number of hydrogen-bond donors (Lipinski definition) is 1. The topological polar surface area (TPSA) is 33.1 Å². The number of nitrogens with one attached hydrogen (secondary N) is 1. The van der Waals surface area contributed by atoms with Gasteiger partial charge in [-0.1, -0.05) is 12.1 Å². The maximum absolute atomic E-state index is 4.33. The van der Waals surface area contributed by atoms with Crippen LogP contribution in [-0.4, -0.2) is 40.9 Å². The number of piperazine rings is 1. The Morgan fingerprint density at radius 2 is 1.84 bits per heavy atom. The number of benzene rings is 1. The molecular weight excluding hydrogens is 236 g/mol. The summed E-state index contributed by atoms with van der Waals surface area (Å²) in [6, 6.07) is 10.7. The number of nitrogens with zero attached hydrogens (tertiary/aromatic N) is 3. The van der Waals surface area contributed by atoms with Crippen LogP contribution in [0.5, 0.6) is 0 Å². The molecule has 0 bridgehead atoms. The molecule has 4 nitrogen and oxygen atoms in total. The first-order chi connectivity index (χ1) is 9.33. The Labute approximate surface area is 114 Å². The van der Waals surface area contributed by atoms with Crippen LogP contribution in [0, 0.1) is 6.92 Å². The van der Waals surface area contributed by atoms with E-state index in [1.807, 2.05) is 16.9 Å². The van der Waals surface area contributed by atoms with Crippen LogP contribution in [0.3, 0.4) is 0 Å². The molecule has 4 heteroatoms. The van der Waals surface area contributed by atoms with Gasteiger partial charge in [0.05, 0.1) is 5.69 Å². The van der Waals surface area contributed by atoms with E-state index in [-0.39, 0.29) is 0 Å². The first kappa shape index (κ1) is 12.4. The Balaban J connectivity index is 1.70. The van der Waals surface area contributed by atoms with Gasteiger partial charge in [-0.05, 0) is 30.7 Å². The molecule has 100 valence electrons. The number of aryl methyl sites for hydroxylation is 1. The van der Waals surface area contributed by atoms with Gasteiger partial charge in [-0.15, -0.1) is 0 Å². The summed E-state index contributed by atoms with van der Waals surface area (Å²) in [7, 11) is 0. The lowest BCUT2D eigenvalue weighted by Gasteiger charge is -2.27. The monoisotopic (exact) mass is 256 g/mol. The zero-order valence-corrected chi connectivity index (χ0v) is 11.3. The van der Waals surface area contributed by atoms with Gasteiger partial charge in [0.1, 0.15) is 0 Å². The predicted molar refractivity (Wildman–Crippen MR) is 76.4 cm³/mol. The van der Waals surface area contributed by atoms with Crippen LogP contribution in [0.4, 0.5) is 0 Å². The molecule has 1 N–H and O–H groups in total. The van der Waals surface area contributed by atoms with Gasteiger partial charge in [0.25, 0.3) is 0 Å². The van der Waals surface area contributed by atoms with Crippen LogP contribution in [-0.2, 0) is 6.54 Å². The second-order valence-corrected chi connectivity index (χ2v) is 5.08. The van der Waals surface area contributed by atoms with Crippen LogP contribution in [0.25, 0.3) is 5.69 Å². The minimum atomic E-state index is 1.04. The van der Waals surface area contributed by atoms with E-state index in [9.17, 15) is 0 Å². The van der Waals surface area contributed by atoms with E-state index < -0.39 is 0 Å². The highest BCUT2D eigenvalue weighted by molar-refractivity contribution is 5.35. The molecule has 0 amide bonds. The van der Waals surface area contributed by atoms with E-state index >= 15 is 0 Å². The lowest BCUT2D eigenvalue weighted by Crippen LogP contribution is -2.42. The standard InChI is InChI=1S/C15H20N4/c1-13-6-7-17-19(13)15-4-2-14(3-5-15)12-18-10-8-16-9-11-18/h2-7,16H,8-12H2,1H3. The smallest absolute Gasteiger partial charge is 0.0648 e. The average Bonchev–Trinajstić information content (AvgIpc) is 2.87. The molecule has 2 aromatic rings. The zero-order valence-electron chi connectivity index (χ0n) is 11.3. The Bertz CT molecular complexity index is 523. The summed E-state index contributed by atoms with van der Waals surface area (Å²) in [6.07, 6.45) is 1.84. The highest BCUT2D eigenvalue weighted by Crippen LogP contribution is 2.13. The normalized spacial score (nSPS) is 16.7. The summed E-state index contributed by atoms with van der Waals surface area (Å²) in [6.45, 7) is 7.59. The fraction of sp³-hybridized carbons (Fsp3) is 0.400. The molecule has 1 aliphatic heterocycles. The quantitative estimate of drug-likeness (QED) is 0.905. The molecule has 1 aliphatic rings. The third-order valence-electron chi connectivity index (χ3n) is 3.63. The van der Waals surface area contributed by atoms with Gasteiger partial charge >= 0.3 is 0 Å². The maximum Gasteiger partial charge on any atom is 0.0648 e. The van der Waals surface area contributed by atoms with Crippen molar-refractivity contribution < 1.29 is 0 Å². The largest absolute Gasteiger partial charge is 0.314 e. The molecule has 0 unspecified atom stereocenters. The van der Waals surface area contributed by atoms with Gasteiger partial charge in [0, 0.05) is 44.6 Å². The minimum Gasteiger partial charge on any atom is -0.314 e. The molecule has 2 heterocycles. The van der Waals surface area contributed by atoms with Crippen molar-refractivity contribution in [1.29, 1.82) is 0 Å².